The molecular formula is C31H41N3O5. The number of hydrogen-bond acceptors (Lipinski definition) is 7. The second-order valence-corrected chi connectivity index (χ2v) is 11.0. The maximum Gasteiger partial charge on any atom is 0.337 e. The number of imidazole rings is 1. The van der Waals surface area contributed by atoms with Gasteiger partial charge in [-0.15, -0.1) is 0 Å². The largest absolute Gasteiger partial charge is 0.465 e. The molecular weight excluding hydrogens is 494 g/mol. The molecule has 1 N–H and O–H groups in total. The highest BCUT2D eigenvalue weighted by atomic mass is 16.6. The number of para-hydroxylation sites is 2. The molecule has 1 aliphatic rings. The summed E-state index contributed by atoms with van der Waals surface area (Å²) in [5.41, 5.74) is 4.22. The highest BCUT2D eigenvalue weighted by Crippen LogP contribution is 2.48. The molecule has 3 aromatic rings. The van der Waals surface area contributed by atoms with E-state index < -0.39 is 5.60 Å². The second kappa shape index (κ2) is 12.7. The lowest BCUT2D eigenvalue weighted by molar-refractivity contribution is -0.172. The van der Waals surface area contributed by atoms with Crippen LogP contribution in [0.4, 0.5) is 0 Å². The summed E-state index contributed by atoms with van der Waals surface area (Å²) >= 11 is 0. The minimum Gasteiger partial charge on any atom is -0.465 e. The van der Waals surface area contributed by atoms with Crippen molar-refractivity contribution in [2.24, 2.45) is 5.92 Å². The summed E-state index contributed by atoms with van der Waals surface area (Å²) in [6.45, 7) is 5.96. The molecule has 0 saturated carbocycles. The number of fused-ring (bicyclic) bond motifs is 2. The molecule has 0 amide bonds. The van der Waals surface area contributed by atoms with E-state index in [-0.39, 0.29) is 30.4 Å². The van der Waals surface area contributed by atoms with Gasteiger partial charge >= 0.3 is 11.9 Å². The van der Waals surface area contributed by atoms with E-state index in [1.165, 1.54) is 14.2 Å². The Balaban J connectivity index is 1.48. The predicted molar refractivity (Wildman–Crippen MR) is 151 cm³/mol. The highest BCUT2D eigenvalue weighted by molar-refractivity contribution is 5.89. The number of nitrogens with one attached hydrogen (secondary N) is 1. The van der Waals surface area contributed by atoms with Crippen molar-refractivity contribution < 1.29 is 23.8 Å². The van der Waals surface area contributed by atoms with E-state index in [9.17, 15) is 9.59 Å². The Morgan fingerprint density at radius 1 is 1.15 bits per heavy atom. The number of aryl methyl sites for hydroxylation is 2. The molecule has 0 spiro atoms. The van der Waals surface area contributed by atoms with E-state index in [1.54, 1.807) is 0 Å². The highest BCUT2D eigenvalue weighted by Gasteiger charge is 2.47. The number of ether oxygens (including phenoxy) is 3. The number of methoxy groups -OCH3 is 2. The number of aromatic amines is 1. The first-order valence-corrected chi connectivity index (χ1v) is 13.8. The molecule has 0 saturated heterocycles. The Kier molecular flexibility index (Phi) is 9.40. The number of aromatic nitrogens is 2. The fraction of sp³-hybridized carbons (Fsp3) is 0.516. The molecule has 0 bridgehead atoms. The van der Waals surface area contributed by atoms with Gasteiger partial charge in [0.15, 0.2) is 0 Å². The molecule has 0 radical (unpaired) electrons. The fourth-order valence-corrected chi connectivity index (χ4v) is 6.07. The van der Waals surface area contributed by atoms with Gasteiger partial charge in [-0.05, 0) is 74.2 Å². The standard InChI is InChI=1S/C31H41N3O5/c1-21(2)29-24-13-12-23(30(36)38-5)19-22(24)14-15-31(29,39-28(35)20-37-4)16-18-34(3)17-8-11-27-32-25-9-6-7-10-26(25)33-27/h6-7,9-10,12-13,19,21,29H,8,11,14-18,20H2,1-5H3,(H,32,33). The third-order valence-corrected chi connectivity index (χ3v) is 7.84. The van der Waals surface area contributed by atoms with Gasteiger partial charge in [0.05, 0.1) is 23.7 Å². The number of benzene rings is 2. The van der Waals surface area contributed by atoms with Gasteiger partial charge in [0.2, 0.25) is 0 Å². The van der Waals surface area contributed by atoms with Crippen molar-refractivity contribution >= 4 is 23.0 Å². The predicted octanol–water partition coefficient (Wildman–Crippen LogP) is 4.92. The monoisotopic (exact) mass is 535 g/mol. The summed E-state index contributed by atoms with van der Waals surface area (Å²) in [5.74, 6) is 0.543. The van der Waals surface area contributed by atoms with Crippen LogP contribution in [-0.2, 0) is 31.8 Å². The molecule has 0 fully saturated rings. The number of H-pyrrole nitrogens is 1. The lowest BCUT2D eigenvalue weighted by atomic mass is 9.65. The number of rotatable bonds is 12. The van der Waals surface area contributed by atoms with Crippen LogP contribution in [0.25, 0.3) is 11.0 Å². The molecule has 4 rings (SSSR count). The molecule has 8 nitrogen and oxygen atoms in total. The quantitative estimate of drug-likeness (QED) is 0.329. The SMILES string of the molecule is COCC(=O)OC1(CCN(C)CCCc2nc3ccccc3[nH]2)CCc2cc(C(=O)OC)ccc2C1C(C)C. The Bertz CT molecular complexity index is 1250. The summed E-state index contributed by atoms with van der Waals surface area (Å²) in [6, 6.07) is 13.9. The zero-order valence-corrected chi connectivity index (χ0v) is 23.8. The van der Waals surface area contributed by atoms with Crippen LogP contribution in [0.1, 0.15) is 66.3 Å². The van der Waals surface area contributed by atoms with Gasteiger partial charge in [0, 0.05) is 32.4 Å². The minimum absolute atomic E-state index is 0.00213. The third kappa shape index (κ3) is 6.68. The van der Waals surface area contributed by atoms with Crippen LogP contribution >= 0.6 is 0 Å². The summed E-state index contributed by atoms with van der Waals surface area (Å²) in [7, 11) is 5.02. The Hall–Kier alpha value is -3.23. The van der Waals surface area contributed by atoms with Crippen molar-refractivity contribution in [1.29, 1.82) is 0 Å². The third-order valence-electron chi connectivity index (χ3n) is 7.84. The van der Waals surface area contributed by atoms with Crippen LogP contribution in [-0.4, -0.2) is 73.4 Å². The molecule has 8 heteroatoms. The smallest absolute Gasteiger partial charge is 0.337 e. The van der Waals surface area contributed by atoms with Crippen LogP contribution in [0, 0.1) is 5.92 Å². The van der Waals surface area contributed by atoms with Crippen LogP contribution < -0.4 is 0 Å². The van der Waals surface area contributed by atoms with Crippen molar-refractivity contribution in [3.63, 3.8) is 0 Å². The summed E-state index contributed by atoms with van der Waals surface area (Å²) in [6.07, 6.45) is 3.97. The van der Waals surface area contributed by atoms with Gasteiger partial charge < -0.3 is 24.1 Å². The zero-order chi connectivity index (χ0) is 28.0. The summed E-state index contributed by atoms with van der Waals surface area (Å²) < 4.78 is 16.3. The van der Waals surface area contributed by atoms with Crippen molar-refractivity contribution in [3.05, 3.63) is 65.0 Å². The number of carbonyl (C=O) groups is 2. The lowest BCUT2D eigenvalue weighted by Gasteiger charge is -2.47. The molecule has 210 valence electrons. The van der Waals surface area contributed by atoms with E-state index in [2.05, 4.69) is 30.8 Å². The van der Waals surface area contributed by atoms with Gasteiger partial charge in [-0.1, -0.05) is 32.0 Å². The molecule has 2 atom stereocenters. The van der Waals surface area contributed by atoms with E-state index in [4.69, 9.17) is 19.2 Å². The number of carbonyl (C=O) groups excluding carboxylic acids is 2. The fourth-order valence-electron chi connectivity index (χ4n) is 6.07. The average molecular weight is 536 g/mol. The van der Waals surface area contributed by atoms with E-state index in [0.29, 0.717) is 18.4 Å². The maximum atomic E-state index is 12.8. The van der Waals surface area contributed by atoms with Gasteiger partial charge in [0.1, 0.15) is 18.0 Å². The number of esters is 2. The second-order valence-electron chi connectivity index (χ2n) is 11.0. The lowest BCUT2D eigenvalue weighted by Crippen LogP contribution is -2.49. The summed E-state index contributed by atoms with van der Waals surface area (Å²) in [5, 5.41) is 0. The first-order valence-electron chi connectivity index (χ1n) is 13.8. The van der Waals surface area contributed by atoms with Gasteiger partial charge in [-0.25, -0.2) is 14.6 Å². The molecule has 2 unspecified atom stereocenters. The molecule has 1 aliphatic carbocycles. The zero-order valence-electron chi connectivity index (χ0n) is 23.8. The van der Waals surface area contributed by atoms with Crippen molar-refractivity contribution in [1.82, 2.24) is 14.9 Å². The molecule has 1 heterocycles. The van der Waals surface area contributed by atoms with Crippen molar-refractivity contribution in [3.8, 4) is 0 Å². The topological polar surface area (TPSA) is 93.8 Å². The molecule has 2 aromatic carbocycles. The number of nitrogens with zero attached hydrogens (tertiary/aromatic N) is 2. The minimum atomic E-state index is -0.656. The van der Waals surface area contributed by atoms with Crippen LogP contribution in [0.15, 0.2) is 42.5 Å². The first kappa shape index (κ1) is 28.8. The Morgan fingerprint density at radius 2 is 1.95 bits per heavy atom. The van der Waals surface area contributed by atoms with E-state index >= 15 is 0 Å². The molecule has 0 aliphatic heterocycles. The normalized spacial score (nSPS) is 18.9. The Labute approximate surface area is 231 Å². The molecule has 1 aromatic heterocycles. The molecule has 39 heavy (non-hydrogen) atoms. The van der Waals surface area contributed by atoms with E-state index in [1.807, 2.05) is 42.5 Å². The maximum absolute atomic E-state index is 12.8. The van der Waals surface area contributed by atoms with Crippen molar-refractivity contribution in [2.75, 3.05) is 41.0 Å². The Morgan fingerprint density at radius 3 is 2.67 bits per heavy atom. The first-order chi connectivity index (χ1) is 18.8. The van der Waals surface area contributed by atoms with Crippen LogP contribution in [0.3, 0.4) is 0 Å². The van der Waals surface area contributed by atoms with E-state index in [0.717, 1.165) is 60.3 Å². The van der Waals surface area contributed by atoms with Crippen LogP contribution in [0.5, 0.6) is 0 Å². The number of hydrogen-bond donors (Lipinski definition) is 1. The van der Waals surface area contributed by atoms with Gasteiger partial charge in [-0.2, -0.15) is 0 Å². The van der Waals surface area contributed by atoms with Crippen LogP contribution in [0.2, 0.25) is 0 Å². The van der Waals surface area contributed by atoms with Crippen molar-refractivity contribution in [2.45, 2.75) is 57.5 Å². The summed E-state index contributed by atoms with van der Waals surface area (Å²) in [4.78, 5) is 35.3. The van der Waals surface area contributed by atoms with Gasteiger partial charge in [0.25, 0.3) is 0 Å². The average Bonchev–Trinajstić information content (AvgIpc) is 3.34. The van der Waals surface area contributed by atoms with Gasteiger partial charge in [-0.3, -0.25) is 0 Å².